The Kier molecular flexibility index (Phi) is 5.92. The Hall–Kier alpha value is -2.78. The van der Waals surface area contributed by atoms with Gasteiger partial charge in [0.1, 0.15) is 5.75 Å². The zero-order chi connectivity index (χ0) is 18.4. The first-order valence-corrected chi connectivity index (χ1v) is 9.43. The van der Waals surface area contributed by atoms with E-state index in [4.69, 9.17) is 4.74 Å². The molecule has 7 nitrogen and oxygen atoms in total. The van der Waals surface area contributed by atoms with Crippen LogP contribution in [0.25, 0.3) is 10.2 Å². The monoisotopic (exact) mass is 388 g/mol. The number of carbonyl (C=O) groups is 2. The number of urea groups is 1. The molecule has 0 atom stereocenters. The van der Waals surface area contributed by atoms with E-state index in [1.54, 1.807) is 24.3 Å². The maximum Gasteiger partial charge on any atom is 0.338 e. The molecule has 1 aromatic heterocycles. The Morgan fingerprint density at radius 2 is 1.88 bits per heavy atom. The fraction of sp³-hybridized carbons (Fsp3) is 0.118. The molecule has 3 rings (SSSR count). The van der Waals surface area contributed by atoms with Crippen molar-refractivity contribution in [2.75, 3.05) is 18.2 Å². The van der Waals surface area contributed by atoms with Gasteiger partial charge in [-0.05, 0) is 24.3 Å². The number of carbonyl (C=O) groups excluding carboxylic acids is 2. The summed E-state index contributed by atoms with van der Waals surface area (Å²) in [6.07, 6.45) is 0. The Bertz CT molecular complexity index is 896. The quantitative estimate of drug-likeness (QED) is 0.461. The van der Waals surface area contributed by atoms with Crippen molar-refractivity contribution in [3.8, 4) is 5.75 Å². The molecule has 0 aliphatic rings. The Morgan fingerprint density at radius 1 is 1.12 bits per heavy atom. The van der Waals surface area contributed by atoms with Crippen LogP contribution >= 0.6 is 23.1 Å². The molecule has 2 aromatic carbocycles. The highest BCUT2D eigenvalue weighted by Crippen LogP contribution is 2.29. The van der Waals surface area contributed by atoms with E-state index in [9.17, 15) is 9.59 Å². The standard InChI is InChI=1S/C17H16N4O3S2/c1-24-13-8-4-2-6-11(13)18-16(23)21-20-15(22)10-25-17-19-12-7-3-5-9-14(12)26-17/h2-9H,10H2,1H3,(H,20,22)(H2,18,21,23). The number of hydrazine groups is 1. The van der Waals surface area contributed by atoms with Crippen molar-refractivity contribution in [3.63, 3.8) is 0 Å². The number of benzene rings is 2. The maximum atomic E-state index is 11.9. The van der Waals surface area contributed by atoms with Crippen molar-refractivity contribution in [2.24, 2.45) is 0 Å². The van der Waals surface area contributed by atoms with E-state index in [2.05, 4.69) is 21.2 Å². The topological polar surface area (TPSA) is 92.4 Å². The van der Waals surface area contributed by atoms with Gasteiger partial charge in [-0.2, -0.15) is 0 Å². The highest BCUT2D eigenvalue weighted by atomic mass is 32.2. The van der Waals surface area contributed by atoms with Crippen LogP contribution in [0.2, 0.25) is 0 Å². The molecule has 0 fully saturated rings. The normalized spacial score (nSPS) is 10.3. The molecule has 0 radical (unpaired) electrons. The number of thioether (sulfide) groups is 1. The lowest BCUT2D eigenvalue weighted by molar-refractivity contribution is -0.119. The van der Waals surface area contributed by atoms with Crippen molar-refractivity contribution < 1.29 is 14.3 Å². The lowest BCUT2D eigenvalue weighted by Crippen LogP contribution is -2.44. The number of thiazole rings is 1. The third kappa shape index (κ3) is 4.64. The number of aromatic nitrogens is 1. The summed E-state index contributed by atoms with van der Waals surface area (Å²) in [7, 11) is 1.51. The first-order valence-electron chi connectivity index (χ1n) is 7.63. The van der Waals surface area contributed by atoms with Gasteiger partial charge in [-0.25, -0.2) is 15.2 Å². The van der Waals surface area contributed by atoms with Crippen molar-refractivity contribution in [1.82, 2.24) is 15.8 Å². The number of nitrogens with zero attached hydrogens (tertiary/aromatic N) is 1. The van der Waals surface area contributed by atoms with E-state index in [0.29, 0.717) is 11.4 Å². The summed E-state index contributed by atoms with van der Waals surface area (Å²) in [5.74, 6) is 0.346. The fourth-order valence-corrected chi connectivity index (χ4v) is 3.97. The minimum atomic E-state index is -0.562. The largest absolute Gasteiger partial charge is 0.495 e. The lowest BCUT2D eigenvalue weighted by Gasteiger charge is -2.11. The van der Waals surface area contributed by atoms with Crippen molar-refractivity contribution in [1.29, 1.82) is 0 Å². The van der Waals surface area contributed by atoms with Gasteiger partial charge in [0.2, 0.25) is 5.91 Å². The zero-order valence-electron chi connectivity index (χ0n) is 13.8. The van der Waals surface area contributed by atoms with Crippen LogP contribution in [0, 0.1) is 0 Å². The molecule has 9 heteroatoms. The van der Waals surface area contributed by atoms with Gasteiger partial charge in [-0.15, -0.1) is 11.3 Å². The molecule has 0 aliphatic heterocycles. The van der Waals surface area contributed by atoms with E-state index in [-0.39, 0.29) is 11.7 Å². The average Bonchev–Trinajstić information content (AvgIpc) is 3.08. The number of ether oxygens (including phenoxy) is 1. The number of hydrogen-bond donors (Lipinski definition) is 3. The van der Waals surface area contributed by atoms with Gasteiger partial charge in [-0.1, -0.05) is 36.0 Å². The molecular formula is C17H16N4O3S2. The minimum absolute atomic E-state index is 0.148. The predicted molar refractivity (Wildman–Crippen MR) is 104 cm³/mol. The highest BCUT2D eigenvalue weighted by molar-refractivity contribution is 8.01. The maximum absolute atomic E-state index is 11.9. The highest BCUT2D eigenvalue weighted by Gasteiger charge is 2.10. The summed E-state index contributed by atoms with van der Waals surface area (Å²) in [4.78, 5) is 28.2. The van der Waals surface area contributed by atoms with Crippen molar-refractivity contribution >= 4 is 50.9 Å². The number of fused-ring (bicyclic) bond motifs is 1. The first-order chi connectivity index (χ1) is 12.7. The van der Waals surface area contributed by atoms with Crippen LogP contribution in [0.5, 0.6) is 5.75 Å². The summed E-state index contributed by atoms with van der Waals surface area (Å²) in [5.41, 5.74) is 6.08. The van der Waals surface area contributed by atoms with Crippen LogP contribution in [-0.2, 0) is 4.79 Å². The van der Waals surface area contributed by atoms with Crippen LogP contribution in [-0.4, -0.2) is 29.8 Å². The lowest BCUT2D eigenvalue weighted by atomic mass is 10.3. The number of nitrogens with one attached hydrogen (secondary N) is 3. The smallest absolute Gasteiger partial charge is 0.338 e. The van der Waals surface area contributed by atoms with Crippen LogP contribution in [0.4, 0.5) is 10.5 Å². The second-order valence-electron chi connectivity index (χ2n) is 5.06. The van der Waals surface area contributed by atoms with E-state index < -0.39 is 6.03 Å². The molecule has 0 bridgehead atoms. The number of hydrogen-bond acceptors (Lipinski definition) is 6. The first kappa shape index (κ1) is 18.0. The van der Waals surface area contributed by atoms with Gasteiger partial charge in [0.25, 0.3) is 0 Å². The minimum Gasteiger partial charge on any atom is -0.495 e. The number of rotatable bonds is 5. The molecular weight excluding hydrogens is 372 g/mol. The van der Waals surface area contributed by atoms with Gasteiger partial charge >= 0.3 is 6.03 Å². The van der Waals surface area contributed by atoms with Gasteiger partial charge in [0.15, 0.2) is 4.34 Å². The Balaban J connectivity index is 1.45. The molecule has 3 amide bonds. The molecule has 0 aliphatic carbocycles. The number of anilines is 1. The van der Waals surface area contributed by atoms with Crippen LogP contribution in [0.3, 0.4) is 0 Å². The van der Waals surface area contributed by atoms with Crippen LogP contribution in [0.15, 0.2) is 52.9 Å². The number of methoxy groups -OCH3 is 1. The molecule has 3 N–H and O–H groups in total. The average molecular weight is 388 g/mol. The molecule has 0 unspecified atom stereocenters. The van der Waals surface area contributed by atoms with Gasteiger partial charge in [0, 0.05) is 0 Å². The number of amides is 3. The van der Waals surface area contributed by atoms with Gasteiger partial charge in [0.05, 0.1) is 28.8 Å². The molecule has 134 valence electrons. The van der Waals surface area contributed by atoms with Crippen molar-refractivity contribution in [2.45, 2.75) is 4.34 Å². The third-order valence-corrected chi connectivity index (χ3v) is 5.45. The Morgan fingerprint density at radius 3 is 2.69 bits per heavy atom. The van der Waals surface area contributed by atoms with Crippen LogP contribution < -0.4 is 20.9 Å². The second-order valence-corrected chi connectivity index (χ2v) is 7.32. The van der Waals surface area contributed by atoms with E-state index >= 15 is 0 Å². The second kappa shape index (κ2) is 8.54. The molecule has 26 heavy (non-hydrogen) atoms. The summed E-state index contributed by atoms with van der Waals surface area (Å²) in [6.45, 7) is 0. The third-order valence-electron chi connectivity index (χ3n) is 3.27. The summed E-state index contributed by atoms with van der Waals surface area (Å²) in [5, 5.41) is 2.60. The molecule has 0 spiro atoms. The molecule has 3 aromatic rings. The van der Waals surface area contributed by atoms with E-state index in [0.717, 1.165) is 14.6 Å². The summed E-state index contributed by atoms with van der Waals surface area (Å²) >= 11 is 2.85. The van der Waals surface area contributed by atoms with Crippen molar-refractivity contribution in [3.05, 3.63) is 48.5 Å². The molecule has 0 saturated heterocycles. The van der Waals surface area contributed by atoms with Crippen LogP contribution in [0.1, 0.15) is 0 Å². The summed E-state index contributed by atoms with van der Waals surface area (Å²) in [6, 6.07) is 14.2. The molecule has 0 saturated carbocycles. The van der Waals surface area contributed by atoms with E-state index in [1.165, 1.54) is 30.2 Å². The predicted octanol–water partition coefficient (Wildman–Crippen LogP) is 3.25. The number of para-hydroxylation sites is 3. The Labute approximate surface area is 158 Å². The zero-order valence-corrected chi connectivity index (χ0v) is 15.4. The van der Waals surface area contributed by atoms with E-state index in [1.807, 2.05) is 24.3 Å². The van der Waals surface area contributed by atoms with Gasteiger partial charge in [-0.3, -0.25) is 10.2 Å². The fourth-order valence-electron chi connectivity index (χ4n) is 2.10. The van der Waals surface area contributed by atoms with Gasteiger partial charge < -0.3 is 10.1 Å². The molecule has 1 heterocycles. The summed E-state index contributed by atoms with van der Waals surface area (Å²) < 4.78 is 7.02. The SMILES string of the molecule is COc1ccccc1NC(=O)NNC(=O)CSc1nc2ccccc2s1.